The Morgan fingerprint density at radius 3 is 2.47 bits per heavy atom. The van der Waals surface area contributed by atoms with Gasteiger partial charge in [-0.1, -0.05) is 16.6 Å². The number of benzene rings is 1. The van der Waals surface area contributed by atoms with E-state index >= 15 is 0 Å². The van der Waals surface area contributed by atoms with Crippen molar-refractivity contribution in [3.8, 4) is 0 Å². The van der Waals surface area contributed by atoms with Gasteiger partial charge in [-0.2, -0.15) is 9.78 Å². The van der Waals surface area contributed by atoms with Gasteiger partial charge in [-0.25, -0.2) is 13.1 Å². The van der Waals surface area contributed by atoms with Gasteiger partial charge in [0.1, 0.15) is 0 Å². The fourth-order valence-corrected chi connectivity index (χ4v) is 3.72. The van der Waals surface area contributed by atoms with E-state index in [0.717, 1.165) is 0 Å². The lowest BCUT2D eigenvalue weighted by molar-refractivity contribution is -0.394. The van der Waals surface area contributed by atoms with Gasteiger partial charge in [0.15, 0.2) is 23.3 Å². The second-order valence-electron chi connectivity index (χ2n) is 6.55. The lowest BCUT2D eigenvalue weighted by atomic mass is 10.3. The molecule has 0 bridgehead atoms. The van der Waals surface area contributed by atoms with Crippen molar-refractivity contribution in [2.75, 3.05) is 10.0 Å². The number of anilines is 2. The van der Waals surface area contributed by atoms with E-state index in [2.05, 4.69) is 35.4 Å². The van der Waals surface area contributed by atoms with E-state index < -0.39 is 26.8 Å². The van der Waals surface area contributed by atoms with Crippen LogP contribution in [0.25, 0.3) is 0 Å². The van der Waals surface area contributed by atoms with Gasteiger partial charge >= 0.3 is 5.95 Å². The highest BCUT2D eigenvalue weighted by Crippen LogP contribution is 2.18. The van der Waals surface area contributed by atoms with Crippen molar-refractivity contribution >= 4 is 45.0 Å². The third-order valence-electron chi connectivity index (χ3n) is 4.14. The Bertz CT molecular complexity index is 1450. The zero-order valence-electron chi connectivity index (χ0n) is 16.8. The van der Waals surface area contributed by atoms with Crippen LogP contribution in [0.4, 0.5) is 17.5 Å². The molecule has 4 aromatic rings. The highest BCUT2D eigenvalue weighted by Gasteiger charge is 2.17. The Morgan fingerprint density at radius 1 is 1.06 bits per heavy atom. The zero-order valence-corrected chi connectivity index (χ0v) is 18.4. The van der Waals surface area contributed by atoms with E-state index in [1.54, 1.807) is 0 Å². The Kier molecular flexibility index (Phi) is 6.15. The summed E-state index contributed by atoms with van der Waals surface area (Å²) in [5.41, 5.74) is 0.394. The molecule has 2 N–H and O–H groups in total. The van der Waals surface area contributed by atoms with Crippen LogP contribution in [0.2, 0.25) is 5.15 Å². The van der Waals surface area contributed by atoms with Gasteiger partial charge in [0.2, 0.25) is 6.33 Å². The Balaban J connectivity index is 1.39. The number of nitro groups is 1. The molecule has 34 heavy (non-hydrogen) atoms. The summed E-state index contributed by atoms with van der Waals surface area (Å²) in [6, 6.07) is 9.62. The first-order valence-corrected chi connectivity index (χ1v) is 11.1. The molecule has 0 spiro atoms. The normalized spacial score (nSPS) is 11.2. The van der Waals surface area contributed by atoms with Gasteiger partial charge in [-0.05, 0) is 47.4 Å². The second-order valence-corrected chi connectivity index (χ2v) is 8.62. The Morgan fingerprint density at radius 2 is 1.82 bits per heavy atom. The van der Waals surface area contributed by atoms with Gasteiger partial charge in [0.25, 0.3) is 15.9 Å². The van der Waals surface area contributed by atoms with Gasteiger partial charge in [-0.3, -0.25) is 9.52 Å². The maximum Gasteiger partial charge on any atom is 0.491 e. The van der Waals surface area contributed by atoms with E-state index in [4.69, 9.17) is 11.6 Å². The second kappa shape index (κ2) is 9.20. The molecular weight excluding hydrogens is 492 g/mol. The predicted octanol–water partition coefficient (Wildman–Crippen LogP) is 1.39. The number of halogens is 1. The van der Waals surface area contributed by atoms with Crippen molar-refractivity contribution in [2.45, 2.75) is 11.6 Å². The molecule has 4 rings (SSSR count). The van der Waals surface area contributed by atoms with Crippen LogP contribution < -0.4 is 10.0 Å². The highest BCUT2D eigenvalue weighted by atomic mass is 35.5. The number of nitrogens with zero attached hydrogens (tertiary/aromatic N) is 8. The van der Waals surface area contributed by atoms with E-state index in [1.165, 1.54) is 64.4 Å². The highest BCUT2D eigenvalue weighted by molar-refractivity contribution is 7.92. The molecule has 0 aliphatic carbocycles. The van der Waals surface area contributed by atoms with E-state index in [1.807, 2.05) is 0 Å². The van der Waals surface area contributed by atoms with Crippen molar-refractivity contribution < 1.29 is 18.1 Å². The van der Waals surface area contributed by atoms with Crippen molar-refractivity contribution in [3.63, 3.8) is 0 Å². The quantitative estimate of drug-likeness (QED) is 0.261. The summed E-state index contributed by atoms with van der Waals surface area (Å²) < 4.78 is 29.7. The molecule has 0 radical (unpaired) electrons. The maximum absolute atomic E-state index is 12.5. The minimum atomic E-state index is -3.93. The molecule has 17 heteroatoms. The monoisotopic (exact) mass is 504 g/mol. The molecule has 174 valence electrons. The Labute approximate surface area is 195 Å². The number of amides is 1. The van der Waals surface area contributed by atoms with Crippen LogP contribution >= 0.6 is 11.6 Å². The minimum absolute atomic E-state index is 0.00198. The molecule has 3 aromatic heterocycles. The molecule has 1 aromatic carbocycles. The summed E-state index contributed by atoms with van der Waals surface area (Å²) in [4.78, 5) is 25.9. The Hall–Kier alpha value is -4.44. The van der Waals surface area contributed by atoms with Crippen molar-refractivity contribution in [1.29, 1.82) is 0 Å². The van der Waals surface area contributed by atoms with Crippen LogP contribution in [-0.2, 0) is 16.7 Å². The molecule has 0 unspecified atom stereocenters. The van der Waals surface area contributed by atoms with E-state index in [9.17, 15) is 23.3 Å². The van der Waals surface area contributed by atoms with Crippen LogP contribution in [0.1, 0.15) is 10.5 Å². The first-order chi connectivity index (χ1) is 16.2. The largest absolute Gasteiger partial charge is 0.491 e. The summed E-state index contributed by atoms with van der Waals surface area (Å²) in [5, 5.41) is 28.3. The third-order valence-corrected chi connectivity index (χ3v) is 5.72. The molecule has 1 amide bonds. The summed E-state index contributed by atoms with van der Waals surface area (Å²) >= 11 is 5.63. The molecule has 0 atom stereocenters. The van der Waals surface area contributed by atoms with Crippen molar-refractivity contribution in [2.24, 2.45) is 0 Å². The maximum atomic E-state index is 12.5. The minimum Gasteiger partial charge on any atom is -0.390 e. The first-order valence-electron chi connectivity index (χ1n) is 9.20. The smallest absolute Gasteiger partial charge is 0.390 e. The number of rotatable bonds is 8. The molecule has 15 nitrogen and oxygen atoms in total. The molecule has 0 saturated heterocycles. The third kappa shape index (κ3) is 5.30. The number of carbonyl (C=O) groups excluding carboxylic acids is 1. The lowest BCUT2D eigenvalue weighted by Gasteiger charge is -2.08. The van der Waals surface area contributed by atoms with Crippen LogP contribution in [0, 0.1) is 10.1 Å². The number of sulfonamides is 1. The summed E-state index contributed by atoms with van der Waals surface area (Å²) in [7, 11) is -3.93. The SMILES string of the molecule is O=C(Nc1ccc(S(=O)(=O)Nc2ccc(Cl)nn2)cc1)c1ccn(Cn2cnc([N+](=O)[O-])n2)n1. The van der Waals surface area contributed by atoms with Gasteiger partial charge in [0, 0.05) is 17.0 Å². The molecular formula is C17H13ClN10O5S. The number of aromatic nitrogens is 7. The summed E-state index contributed by atoms with van der Waals surface area (Å²) in [5.74, 6) is -1.10. The number of hydrogen-bond donors (Lipinski definition) is 2. The molecule has 0 aliphatic rings. The van der Waals surface area contributed by atoms with Crippen LogP contribution in [0.15, 0.2) is 59.9 Å². The molecule has 0 saturated carbocycles. The van der Waals surface area contributed by atoms with Crippen LogP contribution in [0.5, 0.6) is 0 Å². The average Bonchev–Trinajstić information content (AvgIpc) is 3.46. The van der Waals surface area contributed by atoms with Gasteiger partial charge in [0.05, 0.1) is 4.90 Å². The zero-order chi connectivity index (χ0) is 24.3. The molecule has 0 fully saturated rings. The topological polar surface area (TPSA) is 193 Å². The molecule has 0 aliphatic heterocycles. The van der Waals surface area contributed by atoms with Crippen LogP contribution in [-0.4, -0.2) is 54.0 Å². The molecule has 3 heterocycles. The summed E-state index contributed by atoms with van der Waals surface area (Å²) in [6.07, 6.45) is 2.66. The fourth-order valence-electron chi connectivity index (χ4n) is 2.63. The number of carbonyl (C=O) groups is 1. The lowest BCUT2D eigenvalue weighted by Crippen LogP contribution is -2.16. The van der Waals surface area contributed by atoms with Gasteiger partial charge < -0.3 is 15.4 Å². The fraction of sp³-hybridized carbons (Fsp3) is 0.0588. The van der Waals surface area contributed by atoms with Crippen molar-refractivity contribution in [1.82, 2.24) is 34.7 Å². The van der Waals surface area contributed by atoms with E-state index in [-0.39, 0.29) is 28.2 Å². The first kappa shape index (κ1) is 22.7. The average molecular weight is 505 g/mol. The van der Waals surface area contributed by atoms with Crippen LogP contribution in [0.3, 0.4) is 0 Å². The predicted molar refractivity (Wildman–Crippen MR) is 117 cm³/mol. The standard InChI is InChI=1S/C17H13ClN10O5S/c18-14-5-6-15(22-21-14)25-34(32,33)12-3-1-11(2-4-12)20-16(29)13-7-8-26(23-13)10-27-9-19-17(24-27)28(30)31/h1-9H,10H2,(H,20,29)(H,22,25). The number of hydrogen-bond acceptors (Lipinski definition) is 10. The van der Waals surface area contributed by atoms with Gasteiger partial charge in [-0.15, -0.1) is 10.2 Å². The number of nitrogens with one attached hydrogen (secondary N) is 2. The summed E-state index contributed by atoms with van der Waals surface area (Å²) in [6.45, 7) is 0.00563. The van der Waals surface area contributed by atoms with E-state index in [0.29, 0.717) is 5.69 Å². The van der Waals surface area contributed by atoms with Crippen molar-refractivity contribution in [3.05, 3.63) is 76.0 Å².